The third kappa shape index (κ3) is 3.02. The minimum absolute atomic E-state index is 0.0899. The van der Waals surface area contributed by atoms with E-state index in [4.69, 9.17) is 5.73 Å². The zero-order valence-electron chi connectivity index (χ0n) is 11.8. The Morgan fingerprint density at radius 1 is 1.28 bits per heavy atom. The molecule has 0 spiro atoms. The summed E-state index contributed by atoms with van der Waals surface area (Å²) in [5.41, 5.74) is 6.15. The van der Waals surface area contributed by atoms with E-state index in [2.05, 4.69) is 35.6 Å². The van der Waals surface area contributed by atoms with Gasteiger partial charge in [0, 0.05) is 48.8 Å². The predicted octanol–water partition coefficient (Wildman–Crippen LogP) is 2.08. The van der Waals surface area contributed by atoms with E-state index in [1.165, 1.54) is 4.88 Å². The first kappa shape index (κ1) is 13.8. The third-order valence-electron chi connectivity index (χ3n) is 3.46. The van der Waals surface area contributed by atoms with Crippen LogP contribution in [0, 0.1) is 0 Å². The smallest absolute Gasteiger partial charge is 0.185 e. The van der Waals surface area contributed by atoms with Crippen LogP contribution in [0.3, 0.4) is 0 Å². The monoisotopic (exact) mass is 268 g/mol. The summed E-state index contributed by atoms with van der Waals surface area (Å²) in [5.74, 6) is 0. The van der Waals surface area contributed by atoms with E-state index < -0.39 is 0 Å². The van der Waals surface area contributed by atoms with Crippen molar-refractivity contribution in [2.24, 2.45) is 5.73 Å². The SMILES string of the molecule is CC(N)c1cnc(N2CCN(C(C)(C)C)CC2)s1. The molecule has 2 rings (SSSR count). The van der Waals surface area contributed by atoms with E-state index in [9.17, 15) is 0 Å². The number of hydrogen-bond acceptors (Lipinski definition) is 5. The minimum atomic E-state index is 0.0899. The van der Waals surface area contributed by atoms with E-state index in [0.717, 1.165) is 31.3 Å². The van der Waals surface area contributed by atoms with Crippen LogP contribution >= 0.6 is 11.3 Å². The molecule has 2 heterocycles. The zero-order chi connectivity index (χ0) is 13.3. The Kier molecular flexibility index (Phi) is 3.94. The molecule has 0 aromatic carbocycles. The maximum atomic E-state index is 5.88. The summed E-state index contributed by atoms with van der Waals surface area (Å²) < 4.78 is 0. The van der Waals surface area contributed by atoms with Crippen LogP contribution in [-0.2, 0) is 0 Å². The molecule has 0 amide bonds. The van der Waals surface area contributed by atoms with Gasteiger partial charge in [-0.3, -0.25) is 4.90 Å². The summed E-state index contributed by atoms with van der Waals surface area (Å²) >= 11 is 1.73. The Hall–Kier alpha value is -0.650. The Bertz CT molecular complexity index is 386. The number of piperazine rings is 1. The highest BCUT2D eigenvalue weighted by Crippen LogP contribution is 2.27. The fraction of sp³-hybridized carbons (Fsp3) is 0.769. The summed E-state index contributed by atoms with van der Waals surface area (Å²) in [4.78, 5) is 10.6. The Balaban J connectivity index is 1.97. The predicted molar refractivity (Wildman–Crippen MR) is 78.3 cm³/mol. The first-order chi connectivity index (χ1) is 8.38. The molecular formula is C13H24N4S. The van der Waals surface area contributed by atoms with Gasteiger partial charge in [-0.1, -0.05) is 0 Å². The summed E-state index contributed by atoms with van der Waals surface area (Å²) in [5, 5.41) is 1.12. The second-order valence-corrected chi connectivity index (χ2v) is 7.02. The van der Waals surface area contributed by atoms with E-state index in [1.54, 1.807) is 11.3 Å². The molecule has 102 valence electrons. The normalized spacial score (nSPS) is 20.2. The van der Waals surface area contributed by atoms with Crippen molar-refractivity contribution in [1.82, 2.24) is 9.88 Å². The van der Waals surface area contributed by atoms with Gasteiger partial charge in [0.1, 0.15) is 0 Å². The Labute approximate surface area is 114 Å². The van der Waals surface area contributed by atoms with Crippen molar-refractivity contribution in [3.8, 4) is 0 Å². The zero-order valence-corrected chi connectivity index (χ0v) is 12.6. The fourth-order valence-electron chi connectivity index (χ4n) is 2.20. The van der Waals surface area contributed by atoms with Gasteiger partial charge in [-0.2, -0.15) is 0 Å². The van der Waals surface area contributed by atoms with Crippen LogP contribution in [0.5, 0.6) is 0 Å². The topological polar surface area (TPSA) is 45.4 Å². The first-order valence-corrected chi connectivity index (χ1v) is 7.41. The van der Waals surface area contributed by atoms with Gasteiger partial charge in [-0.05, 0) is 27.7 Å². The lowest BCUT2D eigenvalue weighted by atomic mass is 10.1. The average molecular weight is 268 g/mol. The standard InChI is InChI=1S/C13H24N4S/c1-10(14)11-9-15-12(18-11)16-5-7-17(8-6-16)13(2,3)4/h9-10H,5-8,14H2,1-4H3. The molecule has 0 radical (unpaired) electrons. The van der Waals surface area contributed by atoms with Crippen molar-refractivity contribution < 1.29 is 0 Å². The van der Waals surface area contributed by atoms with Crippen LogP contribution in [0.2, 0.25) is 0 Å². The average Bonchev–Trinajstić information content (AvgIpc) is 2.77. The van der Waals surface area contributed by atoms with Gasteiger partial charge in [0.15, 0.2) is 5.13 Å². The van der Waals surface area contributed by atoms with Gasteiger partial charge >= 0.3 is 0 Å². The van der Waals surface area contributed by atoms with Crippen molar-refractivity contribution in [1.29, 1.82) is 0 Å². The third-order valence-corrected chi connectivity index (χ3v) is 4.72. The molecule has 5 heteroatoms. The number of hydrogen-bond donors (Lipinski definition) is 1. The van der Waals surface area contributed by atoms with E-state index >= 15 is 0 Å². The maximum Gasteiger partial charge on any atom is 0.185 e. The summed E-state index contributed by atoms with van der Waals surface area (Å²) in [7, 11) is 0. The molecule has 1 unspecified atom stereocenters. The van der Waals surface area contributed by atoms with Gasteiger partial charge in [0.25, 0.3) is 0 Å². The number of rotatable bonds is 2. The van der Waals surface area contributed by atoms with Crippen molar-refractivity contribution >= 4 is 16.5 Å². The van der Waals surface area contributed by atoms with Gasteiger partial charge in [-0.15, -0.1) is 11.3 Å². The van der Waals surface area contributed by atoms with Crippen molar-refractivity contribution in [2.45, 2.75) is 39.3 Å². The maximum absolute atomic E-state index is 5.88. The Morgan fingerprint density at radius 3 is 2.33 bits per heavy atom. The molecular weight excluding hydrogens is 244 g/mol. The number of nitrogens with two attached hydrogens (primary N) is 1. The fourth-order valence-corrected chi connectivity index (χ4v) is 3.12. The molecule has 0 aliphatic carbocycles. The highest BCUT2D eigenvalue weighted by Gasteiger charge is 2.26. The molecule has 2 N–H and O–H groups in total. The second kappa shape index (κ2) is 5.15. The van der Waals surface area contributed by atoms with Crippen molar-refractivity contribution in [3.63, 3.8) is 0 Å². The van der Waals surface area contributed by atoms with E-state index in [-0.39, 0.29) is 11.6 Å². The molecule has 1 aliphatic heterocycles. The Morgan fingerprint density at radius 2 is 1.89 bits per heavy atom. The largest absolute Gasteiger partial charge is 0.346 e. The number of thiazole rings is 1. The van der Waals surface area contributed by atoms with Gasteiger partial charge < -0.3 is 10.6 Å². The van der Waals surface area contributed by atoms with Crippen LogP contribution in [-0.4, -0.2) is 41.6 Å². The molecule has 1 aromatic rings. The lowest BCUT2D eigenvalue weighted by Gasteiger charge is -2.42. The van der Waals surface area contributed by atoms with Crippen LogP contribution in [0.15, 0.2) is 6.20 Å². The van der Waals surface area contributed by atoms with E-state index in [1.807, 2.05) is 13.1 Å². The molecule has 0 bridgehead atoms. The van der Waals surface area contributed by atoms with Crippen LogP contribution in [0.4, 0.5) is 5.13 Å². The summed E-state index contributed by atoms with van der Waals surface area (Å²) in [6.07, 6.45) is 1.92. The van der Waals surface area contributed by atoms with Gasteiger partial charge in [-0.25, -0.2) is 4.98 Å². The number of aromatic nitrogens is 1. The van der Waals surface area contributed by atoms with Gasteiger partial charge in [0.2, 0.25) is 0 Å². The van der Waals surface area contributed by atoms with Crippen LogP contribution < -0.4 is 10.6 Å². The highest BCUT2D eigenvalue weighted by atomic mass is 32.1. The lowest BCUT2D eigenvalue weighted by molar-refractivity contribution is 0.128. The van der Waals surface area contributed by atoms with Crippen LogP contribution in [0.25, 0.3) is 0 Å². The molecule has 1 aliphatic rings. The molecule has 0 saturated carbocycles. The molecule has 1 fully saturated rings. The minimum Gasteiger partial charge on any atom is -0.346 e. The van der Waals surface area contributed by atoms with Gasteiger partial charge in [0.05, 0.1) is 0 Å². The summed E-state index contributed by atoms with van der Waals surface area (Å²) in [6, 6.07) is 0.0899. The molecule has 4 nitrogen and oxygen atoms in total. The van der Waals surface area contributed by atoms with Crippen molar-refractivity contribution in [3.05, 3.63) is 11.1 Å². The van der Waals surface area contributed by atoms with Crippen molar-refractivity contribution in [2.75, 3.05) is 31.1 Å². The molecule has 1 aromatic heterocycles. The van der Waals surface area contributed by atoms with Crippen LogP contribution in [0.1, 0.15) is 38.6 Å². The number of anilines is 1. The second-order valence-electron chi connectivity index (χ2n) is 5.98. The lowest BCUT2D eigenvalue weighted by Crippen LogP contribution is -2.53. The first-order valence-electron chi connectivity index (χ1n) is 6.59. The number of nitrogens with zero attached hydrogens (tertiary/aromatic N) is 3. The quantitative estimate of drug-likeness (QED) is 0.892. The molecule has 1 saturated heterocycles. The molecule has 18 heavy (non-hydrogen) atoms. The molecule has 1 atom stereocenters. The van der Waals surface area contributed by atoms with E-state index in [0.29, 0.717) is 0 Å². The highest BCUT2D eigenvalue weighted by molar-refractivity contribution is 7.15. The summed E-state index contributed by atoms with van der Waals surface area (Å²) in [6.45, 7) is 13.2.